The van der Waals surface area contributed by atoms with Gasteiger partial charge in [-0.2, -0.15) is 0 Å². The molecule has 0 aliphatic heterocycles. The molecule has 3 aromatic carbocycles. The number of hydrogen-bond acceptors (Lipinski definition) is 1. The molecule has 31 heavy (non-hydrogen) atoms. The van der Waals surface area contributed by atoms with E-state index in [1.54, 1.807) is 16.0 Å². The molecule has 3 heteroatoms. The highest BCUT2D eigenvalue weighted by atomic mass is 35.5. The van der Waals surface area contributed by atoms with Crippen LogP contribution in [0.2, 0.25) is 0 Å². The third-order valence-electron chi connectivity index (χ3n) is 6.06. The minimum Gasteiger partial charge on any atom is -1.00 e. The average Bonchev–Trinajstić information content (AvgIpc) is 3.13. The van der Waals surface area contributed by atoms with Crippen molar-refractivity contribution in [1.29, 1.82) is 0 Å². The maximum Gasteiger partial charge on any atom is 0.116 e. The summed E-state index contributed by atoms with van der Waals surface area (Å²) in [5, 5.41) is 4.40. The zero-order valence-corrected chi connectivity index (χ0v) is 21.0. The van der Waals surface area contributed by atoms with Gasteiger partial charge in [0.2, 0.25) is 0 Å². The van der Waals surface area contributed by atoms with Crippen LogP contribution in [0, 0.1) is 6.92 Å². The Hall–Kier alpha value is -1.92. The van der Waals surface area contributed by atoms with E-state index in [0.717, 1.165) is 19.0 Å². The summed E-state index contributed by atoms with van der Waals surface area (Å²) < 4.78 is 0. The Balaban J connectivity index is 0.00000272. The van der Waals surface area contributed by atoms with E-state index >= 15 is 0 Å². The number of thiophene rings is 1. The van der Waals surface area contributed by atoms with Crippen molar-refractivity contribution in [3.05, 3.63) is 112 Å². The maximum absolute atomic E-state index is 2.35. The summed E-state index contributed by atoms with van der Waals surface area (Å²) in [6.07, 6.45) is 3.32. The van der Waals surface area contributed by atoms with E-state index in [0.29, 0.717) is 0 Å². The summed E-state index contributed by atoms with van der Waals surface area (Å²) in [6.45, 7) is 6.92. The molecule has 1 aromatic heterocycles. The Morgan fingerprint density at radius 2 is 1.03 bits per heavy atom. The molecule has 0 saturated carbocycles. The van der Waals surface area contributed by atoms with Gasteiger partial charge < -0.3 is 12.4 Å². The molecule has 0 N–H and O–H groups in total. The third kappa shape index (κ3) is 4.51. The van der Waals surface area contributed by atoms with Crippen LogP contribution in [0.3, 0.4) is 0 Å². The first kappa shape index (κ1) is 23.7. The Kier molecular flexibility index (Phi) is 8.11. The second kappa shape index (κ2) is 10.6. The second-order valence-electron chi connectivity index (χ2n) is 7.72. The number of benzene rings is 3. The van der Waals surface area contributed by atoms with Crippen LogP contribution < -0.4 is 28.3 Å². The van der Waals surface area contributed by atoms with Gasteiger partial charge in [-0.15, -0.1) is 11.3 Å². The first-order valence-electron chi connectivity index (χ1n) is 10.9. The zero-order chi connectivity index (χ0) is 21.0. The van der Waals surface area contributed by atoms with E-state index in [4.69, 9.17) is 0 Å². The monoisotopic (exact) mass is 464 g/mol. The SMILES string of the molecule is CCc1sc(C)c(CC)c1C[P+](c1ccccc1)(c1ccccc1)c1ccccc1.[Cl-]. The first-order chi connectivity index (χ1) is 14.7. The number of rotatable bonds is 7. The molecule has 0 aliphatic rings. The summed E-state index contributed by atoms with van der Waals surface area (Å²) in [7, 11) is -1.84. The zero-order valence-electron chi connectivity index (χ0n) is 18.5. The molecule has 0 amide bonds. The van der Waals surface area contributed by atoms with Crippen LogP contribution in [-0.4, -0.2) is 0 Å². The highest BCUT2D eigenvalue weighted by Crippen LogP contribution is 2.59. The number of halogens is 1. The minimum absolute atomic E-state index is 0. The summed E-state index contributed by atoms with van der Waals surface area (Å²) in [5.41, 5.74) is 3.18. The van der Waals surface area contributed by atoms with E-state index in [1.165, 1.54) is 20.8 Å². The van der Waals surface area contributed by atoms with Crippen molar-refractivity contribution in [2.75, 3.05) is 0 Å². The first-order valence-corrected chi connectivity index (χ1v) is 13.6. The molecule has 0 atom stereocenters. The molecule has 4 rings (SSSR count). The minimum atomic E-state index is -1.84. The largest absolute Gasteiger partial charge is 1.00 e. The summed E-state index contributed by atoms with van der Waals surface area (Å²) in [4.78, 5) is 3.06. The van der Waals surface area contributed by atoms with E-state index < -0.39 is 7.26 Å². The lowest BCUT2D eigenvalue weighted by atomic mass is 10.1. The van der Waals surface area contributed by atoms with Crippen molar-refractivity contribution in [1.82, 2.24) is 0 Å². The van der Waals surface area contributed by atoms with Crippen LogP contribution in [0.4, 0.5) is 0 Å². The molecule has 0 radical (unpaired) electrons. The lowest BCUT2D eigenvalue weighted by Gasteiger charge is -2.28. The van der Waals surface area contributed by atoms with E-state index in [-0.39, 0.29) is 12.4 Å². The van der Waals surface area contributed by atoms with E-state index in [9.17, 15) is 0 Å². The Morgan fingerprint density at radius 1 is 0.613 bits per heavy atom. The van der Waals surface area contributed by atoms with Crippen molar-refractivity contribution in [2.24, 2.45) is 0 Å². The van der Waals surface area contributed by atoms with Crippen LogP contribution >= 0.6 is 18.6 Å². The van der Waals surface area contributed by atoms with Crippen LogP contribution in [-0.2, 0) is 19.0 Å². The van der Waals surface area contributed by atoms with Crippen molar-refractivity contribution in [2.45, 2.75) is 39.8 Å². The highest BCUT2D eigenvalue weighted by molar-refractivity contribution is 7.95. The third-order valence-corrected chi connectivity index (χ3v) is 11.7. The summed E-state index contributed by atoms with van der Waals surface area (Å²) >= 11 is 2.01. The van der Waals surface area contributed by atoms with Crippen LogP contribution in [0.1, 0.15) is 34.7 Å². The smallest absolute Gasteiger partial charge is 0.116 e. The maximum atomic E-state index is 2.35. The predicted molar refractivity (Wildman–Crippen MR) is 137 cm³/mol. The molecule has 0 saturated heterocycles. The van der Waals surface area contributed by atoms with Crippen LogP contribution in [0.15, 0.2) is 91.0 Å². The van der Waals surface area contributed by atoms with Gasteiger partial charge in [-0.25, -0.2) is 0 Å². The van der Waals surface area contributed by atoms with Crippen molar-refractivity contribution < 1.29 is 12.4 Å². The molecular weight excluding hydrogens is 435 g/mol. The fraction of sp³-hybridized carbons (Fsp3) is 0.214. The van der Waals surface area contributed by atoms with Crippen molar-refractivity contribution >= 4 is 34.5 Å². The Labute approximate surface area is 198 Å². The van der Waals surface area contributed by atoms with Gasteiger partial charge in [0, 0.05) is 15.3 Å². The molecule has 0 fully saturated rings. The number of aryl methyl sites for hydroxylation is 2. The van der Waals surface area contributed by atoms with Gasteiger partial charge in [0.05, 0.1) is 6.16 Å². The Bertz CT molecular complexity index is 991. The molecule has 0 bridgehead atoms. The molecule has 1 heterocycles. The van der Waals surface area contributed by atoms with Gasteiger partial charge in [0.15, 0.2) is 0 Å². The van der Waals surface area contributed by atoms with Gasteiger partial charge in [-0.1, -0.05) is 68.4 Å². The molecule has 0 nitrogen and oxygen atoms in total. The van der Waals surface area contributed by atoms with Gasteiger partial charge in [0.1, 0.15) is 23.2 Å². The van der Waals surface area contributed by atoms with E-state index in [1.807, 2.05) is 11.3 Å². The topological polar surface area (TPSA) is 0 Å². The van der Waals surface area contributed by atoms with Crippen LogP contribution in [0.25, 0.3) is 0 Å². The fourth-order valence-corrected chi connectivity index (χ4v) is 10.3. The number of hydrogen-bond donors (Lipinski definition) is 0. The molecule has 4 aromatic rings. The quantitative estimate of drug-likeness (QED) is 0.366. The molecule has 0 aliphatic carbocycles. The van der Waals surface area contributed by atoms with Crippen molar-refractivity contribution in [3.63, 3.8) is 0 Å². The normalized spacial score (nSPS) is 11.2. The lowest BCUT2D eigenvalue weighted by Crippen LogP contribution is -3.00. The van der Waals surface area contributed by atoms with Gasteiger partial charge in [0.25, 0.3) is 0 Å². The molecule has 160 valence electrons. The standard InChI is InChI=1S/C28H30PS.ClH/c1-4-26-22(3)30-28(5-2)27(26)21-29(23-15-9-6-10-16-23,24-17-11-7-12-18-24)25-19-13-8-14-20-25;/h6-20H,4-5,21H2,1-3H3;1H/q+1;/p-1. The van der Waals surface area contributed by atoms with Crippen LogP contribution in [0.5, 0.6) is 0 Å². The van der Waals surface area contributed by atoms with Gasteiger partial charge >= 0.3 is 0 Å². The summed E-state index contributed by atoms with van der Waals surface area (Å²) in [5.74, 6) is 0. The Morgan fingerprint density at radius 3 is 1.39 bits per heavy atom. The van der Waals surface area contributed by atoms with E-state index in [2.05, 4.69) is 112 Å². The fourth-order valence-electron chi connectivity index (χ4n) is 4.63. The summed E-state index contributed by atoms with van der Waals surface area (Å²) in [6, 6.07) is 33.7. The highest BCUT2D eigenvalue weighted by Gasteiger charge is 2.46. The molecule has 0 unspecified atom stereocenters. The molecule has 0 spiro atoms. The molecular formula is C28H30ClPS. The predicted octanol–water partition coefficient (Wildman–Crippen LogP) is 3.68. The lowest BCUT2D eigenvalue weighted by molar-refractivity contribution is -0.00000596. The van der Waals surface area contributed by atoms with Gasteiger partial charge in [-0.3, -0.25) is 0 Å². The van der Waals surface area contributed by atoms with Gasteiger partial charge in [-0.05, 0) is 61.7 Å². The second-order valence-corrected chi connectivity index (χ2v) is 12.5. The average molecular weight is 465 g/mol. The van der Waals surface area contributed by atoms with Crippen molar-refractivity contribution in [3.8, 4) is 0 Å².